The number of nitrogens with zero attached hydrogens (tertiary/aromatic N) is 2. The van der Waals surface area contributed by atoms with E-state index in [0.717, 1.165) is 10.1 Å². The summed E-state index contributed by atoms with van der Waals surface area (Å²) in [6.45, 7) is 0. The molecule has 0 aromatic heterocycles. The summed E-state index contributed by atoms with van der Waals surface area (Å²) < 4.78 is 30.0. The molecule has 0 aliphatic carbocycles. The first-order chi connectivity index (χ1) is 4.83. The third-order valence-corrected chi connectivity index (χ3v) is 1.44. The zero-order valence-electron chi connectivity index (χ0n) is 6.94. The molecule has 0 N–H and O–H groups in total. The Balaban J connectivity index is 4.03. The van der Waals surface area contributed by atoms with Gasteiger partial charge in [-0.3, -0.25) is 0 Å². The van der Waals surface area contributed by atoms with Crippen molar-refractivity contribution in [2.45, 2.75) is 0 Å². The van der Waals surface area contributed by atoms with Crippen LogP contribution in [0.15, 0.2) is 0 Å². The molecule has 0 fully saturated rings. The van der Waals surface area contributed by atoms with E-state index in [4.69, 9.17) is 0 Å². The standard InChI is InChI=1S/C4H12N2O4S/c1-5(2)9-11(7,8)10-6(3)4/h1-4H3. The van der Waals surface area contributed by atoms with Gasteiger partial charge in [0, 0.05) is 28.2 Å². The van der Waals surface area contributed by atoms with Crippen molar-refractivity contribution >= 4 is 10.4 Å². The molecule has 68 valence electrons. The van der Waals surface area contributed by atoms with E-state index in [2.05, 4.69) is 8.57 Å². The normalized spacial score (nSPS) is 12.9. The van der Waals surface area contributed by atoms with E-state index in [9.17, 15) is 8.42 Å². The predicted molar refractivity (Wildman–Crippen MR) is 38.5 cm³/mol. The van der Waals surface area contributed by atoms with Crippen molar-refractivity contribution in [1.82, 2.24) is 10.1 Å². The Bertz CT molecular complexity index is 182. The van der Waals surface area contributed by atoms with Crippen molar-refractivity contribution in [2.24, 2.45) is 0 Å². The highest BCUT2D eigenvalue weighted by molar-refractivity contribution is 7.81. The first-order valence-electron chi connectivity index (χ1n) is 2.82. The van der Waals surface area contributed by atoms with Crippen LogP contribution in [0, 0.1) is 0 Å². The van der Waals surface area contributed by atoms with Crippen molar-refractivity contribution in [1.29, 1.82) is 0 Å². The summed E-state index contributed by atoms with van der Waals surface area (Å²) in [5.74, 6) is 0. The van der Waals surface area contributed by atoms with E-state index in [-0.39, 0.29) is 0 Å². The van der Waals surface area contributed by atoms with Gasteiger partial charge in [-0.1, -0.05) is 0 Å². The lowest BCUT2D eigenvalue weighted by molar-refractivity contribution is -0.0674. The second kappa shape index (κ2) is 3.98. The second-order valence-corrected chi connectivity index (χ2v) is 3.30. The molecule has 0 amide bonds. The lowest BCUT2D eigenvalue weighted by Gasteiger charge is -2.12. The van der Waals surface area contributed by atoms with Gasteiger partial charge in [0.25, 0.3) is 0 Å². The first kappa shape index (κ1) is 10.8. The molecular weight excluding hydrogens is 172 g/mol. The summed E-state index contributed by atoms with van der Waals surface area (Å²) in [6.07, 6.45) is 0. The van der Waals surface area contributed by atoms with Crippen LogP contribution in [0.25, 0.3) is 0 Å². The molecule has 0 radical (unpaired) electrons. The van der Waals surface area contributed by atoms with Crippen LogP contribution < -0.4 is 0 Å². The Morgan fingerprint density at radius 3 is 1.36 bits per heavy atom. The summed E-state index contributed by atoms with van der Waals surface area (Å²) >= 11 is 0. The molecule has 0 aliphatic heterocycles. The van der Waals surface area contributed by atoms with Crippen molar-refractivity contribution in [3.05, 3.63) is 0 Å². The molecule has 0 aliphatic rings. The Labute approximate surface area is 66.5 Å². The van der Waals surface area contributed by atoms with Crippen molar-refractivity contribution in [2.75, 3.05) is 28.2 Å². The van der Waals surface area contributed by atoms with Crippen molar-refractivity contribution < 1.29 is 17.0 Å². The van der Waals surface area contributed by atoms with Crippen molar-refractivity contribution in [3.8, 4) is 0 Å². The predicted octanol–water partition coefficient (Wildman–Crippen LogP) is -0.782. The van der Waals surface area contributed by atoms with Crippen LogP contribution in [-0.2, 0) is 19.0 Å². The quantitative estimate of drug-likeness (QED) is 0.534. The molecule has 11 heavy (non-hydrogen) atoms. The van der Waals surface area contributed by atoms with E-state index in [0.29, 0.717) is 0 Å². The van der Waals surface area contributed by atoms with Crippen LogP contribution in [0.1, 0.15) is 0 Å². The fourth-order valence-electron chi connectivity index (χ4n) is 0.379. The zero-order chi connectivity index (χ0) is 9.07. The second-order valence-electron chi connectivity index (χ2n) is 2.18. The van der Waals surface area contributed by atoms with E-state index >= 15 is 0 Å². The lowest BCUT2D eigenvalue weighted by atomic mass is 11.2. The van der Waals surface area contributed by atoms with Crippen LogP contribution in [0.5, 0.6) is 0 Å². The highest BCUT2D eigenvalue weighted by Gasteiger charge is 2.15. The van der Waals surface area contributed by atoms with Crippen LogP contribution in [0.4, 0.5) is 0 Å². The molecule has 0 aromatic carbocycles. The Hall–Kier alpha value is -0.210. The minimum atomic E-state index is -3.93. The zero-order valence-corrected chi connectivity index (χ0v) is 7.75. The highest BCUT2D eigenvalue weighted by Crippen LogP contribution is 1.97. The van der Waals surface area contributed by atoms with Gasteiger partial charge in [-0.2, -0.15) is 27.1 Å². The molecule has 0 aromatic rings. The van der Waals surface area contributed by atoms with Gasteiger partial charge in [-0.15, -0.1) is 0 Å². The van der Waals surface area contributed by atoms with Gasteiger partial charge in [0.15, 0.2) is 0 Å². The monoisotopic (exact) mass is 184 g/mol. The molecule has 0 heterocycles. The van der Waals surface area contributed by atoms with Crippen LogP contribution >= 0.6 is 0 Å². The van der Waals surface area contributed by atoms with Gasteiger partial charge >= 0.3 is 10.4 Å². The van der Waals surface area contributed by atoms with E-state index in [1.807, 2.05) is 0 Å². The number of rotatable bonds is 4. The SMILES string of the molecule is CN(C)OS(=O)(=O)ON(C)C. The summed E-state index contributed by atoms with van der Waals surface area (Å²) in [7, 11) is 1.84. The smallest absolute Gasteiger partial charge is 0.175 e. The topological polar surface area (TPSA) is 59.1 Å². The number of hydrogen-bond acceptors (Lipinski definition) is 6. The van der Waals surface area contributed by atoms with E-state index < -0.39 is 10.4 Å². The molecule has 0 spiro atoms. The molecule has 6 nitrogen and oxygen atoms in total. The fraction of sp³-hybridized carbons (Fsp3) is 1.00. The van der Waals surface area contributed by atoms with Gasteiger partial charge < -0.3 is 0 Å². The molecule has 0 rings (SSSR count). The minimum Gasteiger partial charge on any atom is -0.175 e. The van der Waals surface area contributed by atoms with Gasteiger partial charge in [0.05, 0.1) is 0 Å². The third kappa shape index (κ3) is 6.20. The summed E-state index contributed by atoms with van der Waals surface area (Å²) in [5.41, 5.74) is 0. The maximum Gasteiger partial charge on any atom is 0.432 e. The van der Waals surface area contributed by atoms with Crippen LogP contribution in [-0.4, -0.2) is 46.7 Å². The maximum absolute atomic E-state index is 10.7. The van der Waals surface area contributed by atoms with Crippen LogP contribution in [0.2, 0.25) is 0 Å². The molecule has 0 saturated heterocycles. The van der Waals surface area contributed by atoms with E-state index in [1.165, 1.54) is 28.2 Å². The number of hydroxylamine groups is 4. The van der Waals surface area contributed by atoms with Crippen molar-refractivity contribution in [3.63, 3.8) is 0 Å². The largest absolute Gasteiger partial charge is 0.432 e. The van der Waals surface area contributed by atoms with Gasteiger partial charge in [-0.25, -0.2) is 0 Å². The molecular formula is C4H12N2O4S. The van der Waals surface area contributed by atoms with Gasteiger partial charge in [-0.05, 0) is 0 Å². The minimum absolute atomic E-state index is 1.03. The van der Waals surface area contributed by atoms with Gasteiger partial charge in [0.2, 0.25) is 0 Å². The van der Waals surface area contributed by atoms with Crippen LogP contribution in [0.3, 0.4) is 0 Å². The highest BCUT2D eigenvalue weighted by atomic mass is 32.3. The Morgan fingerprint density at radius 1 is 0.909 bits per heavy atom. The average molecular weight is 184 g/mol. The average Bonchev–Trinajstić information content (AvgIpc) is 1.53. The third-order valence-electron chi connectivity index (χ3n) is 0.481. The number of hydrogen-bond donors (Lipinski definition) is 0. The molecule has 0 saturated carbocycles. The van der Waals surface area contributed by atoms with E-state index in [1.54, 1.807) is 0 Å². The fourth-order valence-corrected chi connectivity index (χ4v) is 1.14. The first-order valence-corrected chi connectivity index (χ1v) is 4.15. The molecule has 0 atom stereocenters. The van der Waals surface area contributed by atoms with Gasteiger partial charge in [0.1, 0.15) is 0 Å². The Morgan fingerprint density at radius 2 is 1.18 bits per heavy atom. The summed E-state index contributed by atoms with van der Waals surface area (Å²) in [6, 6.07) is 0. The summed E-state index contributed by atoms with van der Waals surface area (Å²) in [4.78, 5) is 0. The molecule has 7 heteroatoms. The maximum atomic E-state index is 10.7. The molecule has 0 bridgehead atoms. The lowest BCUT2D eigenvalue weighted by Crippen LogP contribution is -2.26. The Kier molecular flexibility index (Phi) is 3.90. The summed E-state index contributed by atoms with van der Waals surface area (Å²) in [5, 5.41) is 2.05. The molecule has 0 unspecified atom stereocenters.